The van der Waals surface area contributed by atoms with Crippen molar-refractivity contribution >= 4 is 11.9 Å². The fourth-order valence-electron chi connectivity index (χ4n) is 2.80. The standard InChI is InChI=1S/C16H31N3O2/c1-5-9-18(10-6-2)15(20)14-7-11-19(12-8-14)16(21)17-13(3)4/h13-14H,5-12H2,1-4H3,(H,17,21). The number of amides is 3. The van der Waals surface area contributed by atoms with Gasteiger partial charge in [0, 0.05) is 38.1 Å². The predicted octanol–water partition coefficient (Wildman–Crippen LogP) is 2.47. The molecule has 5 nitrogen and oxygen atoms in total. The second kappa shape index (κ2) is 8.90. The van der Waals surface area contributed by atoms with Crippen molar-refractivity contribution < 1.29 is 9.59 Å². The van der Waals surface area contributed by atoms with Crippen LogP contribution in [0.3, 0.4) is 0 Å². The molecule has 0 aromatic rings. The van der Waals surface area contributed by atoms with Gasteiger partial charge in [0.2, 0.25) is 5.91 Å². The summed E-state index contributed by atoms with van der Waals surface area (Å²) in [5.74, 6) is 0.369. The minimum Gasteiger partial charge on any atom is -0.342 e. The average Bonchev–Trinajstić information content (AvgIpc) is 2.46. The van der Waals surface area contributed by atoms with Gasteiger partial charge in [-0.3, -0.25) is 4.79 Å². The molecular weight excluding hydrogens is 266 g/mol. The van der Waals surface area contributed by atoms with E-state index in [0.717, 1.165) is 38.8 Å². The molecule has 0 bridgehead atoms. The van der Waals surface area contributed by atoms with E-state index in [-0.39, 0.29) is 23.9 Å². The number of carbonyl (C=O) groups excluding carboxylic acids is 2. The van der Waals surface area contributed by atoms with E-state index in [1.54, 1.807) is 0 Å². The van der Waals surface area contributed by atoms with Crippen LogP contribution < -0.4 is 5.32 Å². The van der Waals surface area contributed by atoms with Gasteiger partial charge in [-0.05, 0) is 39.5 Å². The van der Waals surface area contributed by atoms with Crippen LogP contribution in [-0.2, 0) is 4.79 Å². The highest BCUT2D eigenvalue weighted by atomic mass is 16.2. The highest BCUT2D eigenvalue weighted by molar-refractivity contribution is 5.80. The number of likely N-dealkylation sites (tertiary alicyclic amines) is 1. The van der Waals surface area contributed by atoms with Gasteiger partial charge in [-0.2, -0.15) is 0 Å². The van der Waals surface area contributed by atoms with Gasteiger partial charge in [-0.15, -0.1) is 0 Å². The van der Waals surface area contributed by atoms with E-state index in [9.17, 15) is 9.59 Å². The summed E-state index contributed by atoms with van der Waals surface area (Å²) in [6.45, 7) is 11.2. The maximum Gasteiger partial charge on any atom is 0.317 e. The Bertz CT molecular complexity index is 330. The van der Waals surface area contributed by atoms with Gasteiger partial charge < -0.3 is 15.1 Å². The zero-order valence-electron chi connectivity index (χ0n) is 14.0. The van der Waals surface area contributed by atoms with Crippen molar-refractivity contribution in [2.75, 3.05) is 26.2 Å². The van der Waals surface area contributed by atoms with Crippen LogP contribution in [0.4, 0.5) is 4.79 Å². The third-order valence-corrected chi connectivity index (χ3v) is 3.84. The van der Waals surface area contributed by atoms with Crippen LogP contribution in [0.2, 0.25) is 0 Å². The lowest BCUT2D eigenvalue weighted by atomic mass is 9.95. The van der Waals surface area contributed by atoms with Crippen molar-refractivity contribution in [1.82, 2.24) is 15.1 Å². The van der Waals surface area contributed by atoms with Crippen molar-refractivity contribution in [3.05, 3.63) is 0 Å². The Hall–Kier alpha value is -1.26. The van der Waals surface area contributed by atoms with E-state index in [0.29, 0.717) is 13.1 Å². The quantitative estimate of drug-likeness (QED) is 0.819. The molecule has 1 rings (SSSR count). The Balaban J connectivity index is 2.47. The molecule has 0 spiro atoms. The van der Waals surface area contributed by atoms with Gasteiger partial charge in [-0.25, -0.2) is 4.79 Å². The van der Waals surface area contributed by atoms with Gasteiger partial charge in [0.05, 0.1) is 0 Å². The normalized spacial score (nSPS) is 16.1. The topological polar surface area (TPSA) is 52.7 Å². The van der Waals surface area contributed by atoms with Gasteiger partial charge in [0.25, 0.3) is 0 Å². The zero-order chi connectivity index (χ0) is 15.8. The Morgan fingerprint density at radius 2 is 1.67 bits per heavy atom. The first kappa shape index (κ1) is 17.8. The fourth-order valence-corrected chi connectivity index (χ4v) is 2.80. The van der Waals surface area contributed by atoms with Gasteiger partial charge in [0.15, 0.2) is 0 Å². The summed E-state index contributed by atoms with van der Waals surface area (Å²) in [6, 6.07) is 0.149. The summed E-state index contributed by atoms with van der Waals surface area (Å²) >= 11 is 0. The second-order valence-corrected chi connectivity index (χ2v) is 6.19. The molecule has 0 aliphatic carbocycles. The van der Waals surface area contributed by atoms with Crippen LogP contribution >= 0.6 is 0 Å². The summed E-state index contributed by atoms with van der Waals surface area (Å²) in [4.78, 5) is 28.3. The average molecular weight is 297 g/mol. The molecule has 1 heterocycles. The molecule has 1 saturated heterocycles. The molecule has 1 N–H and O–H groups in total. The minimum atomic E-state index is -0.00475. The van der Waals surface area contributed by atoms with Crippen LogP contribution in [0.5, 0.6) is 0 Å². The first-order chi connectivity index (χ1) is 9.99. The monoisotopic (exact) mass is 297 g/mol. The molecule has 0 radical (unpaired) electrons. The van der Waals surface area contributed by atoms with E-state index in [1.165, 1.54) is 0 Å². The van der Waals surface area contributed by atoms with Crippen LogP contribution in [0.1, 0.15) is 53.4 Å². The lowest BCUT2D eigenvalue weighted by Gasteiger charge is -2.34. The Morgan fingerprint density at radius 3 is 2.10 bits per heavy atom. The number of nitrogens with zero attached hydrogens (tertiary/aromatic N) is 2. The van der Waals surface area contributed by atoms with E-state index in [2.05, 4.69) is 19.2 Å². The summed E-state index contributed by atoms with van der Waals surface area (Å²) in [5, 5.41) is 2.91. The molecule has 0 unspecified atom stereocenters. The molecule has 0 aromatic carbocycles. The maximum absolute atomic E-state index is 12.5. The van der Waals surface area contributed by atoms with Crippen LogP contribution in [0.15, 0.2) is 0 Å². The third-order valence-electron chi connectivity index (χ3n) is 3.84. The molecular formula is C16H31N3O2. The predicted molar refractivity (Wildman–Crippen MR) is 85.1 cm³/mol. The van der Waals surface area contributed by atoms with Crippen molar-refractivity contribution in [2.24, 2.45) is 5.92 Å². The number of hydrogen-bond donors (Lipinski definition) is 1. The third kappa shape index (κ3) is 5.56. The van der Waals surface area contributed by atoms with Crippen molar-refractivity contribution in [1.29, 1.82) is 0 Å². The van der Waals surface area contributed by atoms with E-state index >= 15 is 0 Å². The molecule has 3 amide bonds. The number of rotatable bonds is 6. The Kier molecular flexibility index (Phi) is 7.54. The minimum absolute atomic E-state index is 0.00475. The summed E-state index contributed by atoms with van der Waals surface area (Å²) in [6.07, 6.45) is 3.57. The molecule has 122 valence electrons. The van der Waals surface area contributed by atoms with Crippen LogP contribution in [0, 0.1) is 5.92 Å². The van der Waals surface area contributed by atoms with E-state index in [4.69, 9.17) is 0 Å². The number of nitrogens with one attached hydrogen (secondary N) is 1. The van der Waals surface area contributed by atoms with E-state index in [1.807, 2.05) is 23.6 Å². The van der Waals surface area contributed by atoms with Crippen LogP contribution in [0.25, 0.3) is 0 Å². The maximum atomic E-state index is 12.5. The van der Waals surface area contributed by atoms with Gasteiger partial charge in [-0.1, -0.05) is 13.8 Å². The highest BCUT2D eigenvalue weighted by Crippen LogP contribution is 2.20. The van der Waals surface area contributed by atoms with Crippen molar-refractivity contribution in [2.45, 2.75) is 59.4 Å². The molecule has 0 saturated carbocycles. The summed E-state index contributed by atoms with van der Waals surface area (Å²) in [5.41, 5.74) is 0. The van der Waals surface area contributed by atoms with Gasteiger partial charge >= 0.3 is 6.03 Å². The smallest absolute Gasteiger partial charge is 0.317 e. The second-order valence-electron chi connectivity index (χ2n) is 6.19. The number of urea groups is 1. The Morgan fingerprint density at radius 1 is 1.14 bits per heavy atom. The molecule has 21 heavy (non-hydrogen) atoms. The van der Waals surface area contributed by atoms with Gasteiger partial charge in [0.1, 0.15) is 0 Å². The molecule has 1 fully saturated rings. The fraction of sp³-hybridized carbons (Fsp3) is 0.875. The first-order valence-electron chi connectivity index (χ1n) is 8.33. The molecule has 0 atom stereocenters. The SMILES string of the molecule is CCCN(CCC)C(=O)C1CCN(C(=O)NC(C)C)CC1. The lowest BCUT2D eigenvalue weighted by Crippen LogP contribution is -2.49. The Labute approximate surface area is 129 Å². The molecule has 1 aliphatic rings. The number of carbonyl (C=O) groups is 2. The molecule has 5 heteroatoms. The summed E-state index contributed by atoms with van der Waals surface area (Å²) < 4.78 is 0. The first-order valence-corrected chi connectivity index (χ1v) is 8.33. The number of hydrogen-bond acceptors (Lipinski definition) is 2. The summed E-state index contributed by atoms with van der Waals surface area (Å²) in [7, 11) is 0. The molecule has 1 aliphatic heterocycles. The van der Waals surface area contributed by atoms with Crippen LogP contribution in [-0.4, -0.2) is 54.0 Å². The molecule has 0 aromatic heterocycles. The van der Waals surface area contributed by atoms with E-state index < -0.39 is 0 Å². The number of piperidine rings is 1. The van der Waals surface area contributed by atoms with Crippen molar-refractivity contribution in [3.63, 3.8) is 0 Å². The van der Waals surface area contributed by atoms with Crippen molar-refractivity contribution in [3.8, 4) is 0 Å². The zero-order valence-corrected chi connectivity index (χ0v) is 14.0. The highest BCUT2D eigenvalue weighted by Gasteiger charge is 2.29. The lowest BCUT2D eigenvalue weighted by molar-refractivity contribution is -0.137. The largest absolute Gasteiger partial charge is 0.342 e.